The van der Waals surface area contributed by atoms with Crippen molar-refractivity contribution >= 4 is 22.2 Å². The van der Waals surface area contributed by atoms with Crippen molar-refractivity contribution in [2.24, 2.45) is 0 Å². The Kier molecular flexibility index (Phi) is 4.22. The van der Waals surface area contributed by atoms with Crippen LogP contribution in [0, 0.1) is 13.8 Å². The van der Waals surface area contributed by atoms with Crippen LogP contribution < -0.4 is 11.2 Å². The number of rotatable bonds is 4. The number of hydrogen-bond acceptors (Lipinski definition) is 3. The Bertz CT molecular complexity index is 979. The van der Waals surface area contributed by atoms with Crippen molar-refractivity contribution in [3.05, 3.63) is 66.5 Å². The van der Waals surface area contributed by atoms with Gasteiger partial charge < -0.3 is 0 Å². The first-order valence-corrected chi connectivity index (χ1v) is 8.62. The molecule has 0 N–H and O–H groups in total. The van der Waals surface area contributed by atoms with Crippen molar-refractivity contribution < 1.29 is 0 Å². The number of aryl methyl sites for hydroxylation is 3. The Labute approximate surface area is 138 Å². The highest BCUT2D eigenvalue weighted by atomic mass is 32.1. The van der Waals surface area contributed by atoms with Crippen molar-refractivity contribution in [3.8, 4) is 0 Å². The molecular weight excluding hydrogens is 308 g/mol. The van der Waals surface area contributed by atoms with Gasteiger partial charge in [0.05, 0.1) is 17.4 Å². The predicted molar refractivity (Wildman–Crippen MR) is 95.7 cm³/mol. The van der Waals surface area contributed by atoms with Crippen molar-refractivity contribution in [1.29, 1.82) is 0 Å². The number of fused-ring (bicyclic) bond motifs is 1. The number of nitrogens with zero attached hydrogens (tertiary/aromatic N) is 2. The van der Waals surface area contributed by atoms with Gasteiger partial charge in [0, 0.05) is 16.3 Å². The molecule has 0 amide bonds. The molecule has 0 bridgehead atoms. The molecule has 1 aromatic carbocycles. The molecule has 23 heavy (non-hydrogen) atoms. The fraction of sp³-hybridized carbons (Fsp3) is 0.333. The first-order valence-electron chi connectivity index (χ1n) is 7.80. The van der Waals surface area contributed by atoms with E-state index in [2.05, 4.69) is 0 Å². The summed E-state index contributed by atoms with van der Waals surface area (Å²) in [5, 5.41) is 0.617. The van der Waals surface area contributed by atoms with E-state index in [1.807, 2.05) is 51.1 Å². The topological polar surface area (TPSA) is 44.0 Å². The average molecular weight is 328 g/mol. The van der Waals surface area contributed by atoms with E-state index < -0.39 is 0 Å². The van der Waals surface area contributed by atoms with Gasteiger partial charge in [-0.3, -0.25) is 13.9 Å². The van der Waals surface area contributed by atoms with Crippen LogP contribution in [0.4, 0.5) is 0 Å². The Morgan fingerprint density at radius 2 is 1.83 bits per heavy atom. The monoisotopic (exact) mass is 328 g/mol. The van der Waals surface area contributed by atoms with E-state index in [0.717, 1.165) is 22.4 Å². The molecule has 0 spiro atoms. The molecule has 2 heterocycles. The lowest BCUT2D eigenvalue weighted by Gasteiger charge is -2.13. The molecule has 0 unspecified atom stereocenters. The van der Waals surface area contributed by atoms with Crippen LogP contribution >= 0.6 is 11.3 Å². The van der Waals surface area contributed by atoms with Crippen LogP contribution in [0.5, 0.6) is 0 Å². The summed E-state index contributed by atoms with van der Waals surface area (Å²) < 4.78 is 3.08. The highest BCUT2D eigenvalue weighted by molar-refractivity contribution is 7.11. The van der Waals surface area contributed by atoms with Gasteiger partial charge in [-0.25, -0.2) is 4.79 Å². The summed E-state index contributed by atoms with van der Waals surface area (Å²) in [5.74, 6) is 0. The Hall–Kier alpha value is -2.14. The molecule has 0 aliphatic carbocycles. The minimum atomic E-state index is -0.223. The zero-order valence-corrected chi connectivity index (χ0v) is 14.4. The van der Waals surface area contributed by atoms with E-state index in [1.165, 1.54) is 9.44 Å². The van der Waals surface area contributed by atoms with E-state index in [0.29, 0.717) is 18.5 Å². The first kappa shape index (κ1) is 15.7. The van der Waals surface area contributed by atoms with E-state index in [4.69, 9.17) is 0 Å². The van der Waals surface area contributed by atoms with Gasteiger partial charge in [0.15, 0.2) is 0 Å². The highest BCUT2D eigenvalue weighted by Crippen LogP contribution is 2.16. The van der Waals surface area contributed by atoms with Crippen molar-refractivity contribution in [1.82, 2.24) is 9.13 Å². The molecule has 3 aromatic rings. The minimum Gasteiger partial charge on any atom is -0.293 e. The molecule has 0 radical (unpaired) electrons. The largest absolute Gasteiger partial charge is 0.331 e. The van der Waals surface area contributed by atoms with Crippen LogP contribution in [-0.4, -0.2) is 9.13 Å². The summed E-state index contributed by atoms with van der Waals surface area (Å²) in [6, 6.07) is 9.69. The summed E-state index contributed by atoms with van der Waals surface area (Å²) in [6.07, 6.45) is 0.846. The molecule has 4 nitrogen and oxygen atoms in total. The predicted octanol–water partition coefficient (Wildman–Crippen LogP) is 3.30. The van der Waals surface area contributed by atoms with Crippen molar-refractivity contribution in [2.45, 2.75) is 40.3 Å². The molecule has 0 atom stereocenters. The molecule has 2 aromatic heterocycles. The quantitative estimate of drug-likeness (QED) is 0.737. The Morgan fingerprint density at radius 3 is 2.48 bits per heavy atom. The molecule has 5 heteroatoms. The zero-order chi connectivity index (χ0) is 16.6. The van der Waals surface area contributed by atoms with Crippen LogP contribution in [0.2, 0.25) is 0 Å². The van der Waals surface area contributed by atoms with Crippen LogP contribution in [-0.2, 0) is 13.1 Å². The summed E-state index contributed by atoms with van der Waals surface area (Å²) >= 11 is 1.62. The third kappa shape index (κ3) is 2.88. The van der Waals surface area contributed by atoms with E-state index in [-0.39, 0.29) is 11.2 Å². The van der Waals surface area contributed by atoms with Gasteiger partial charge in [0.2, 0.25) is 0 Å². The standard InChI is InChI=1S/C18H20N2O2S/c1-4-9-19-16-8-5-12(2)10-15(16)17(21)20(18(19)22)11-14-7-6-13(3)23-14/h5-8,10H,4,9,11H2,1-3H3. The summed E-state index contributed by atoms with van der Waals surface area (Å²) in [4.78, 5) is 27.8. The Morgan fingerprint density at radius 1 is 1.04 bits per heavy atom. The second kappa shape index (κ2) is 6.16. The van der Waals surface area contributed by atoms with Crippen molar-refractivity contribution in [3.63, 3.8) is 0 Å². The number of thiophene rings is 1. The van der Waals surface area contributed by atoms with Crippen LogP contribution in [0.3, 0.4) is 0 Å². The normalized spacial score (nSPS) is 11.3. The van der Waals surface area contributed by atoms with E-state index in [1.54, 1.807) is 15.9 Å². The van der Waals surface area contributed by atoms with Gasteiger partial charge in [0.1, 0.15) is 0 Å². The zero-order valence-electron chi connectivity index (χ0n) is 13.6. The fourth-order valence-electron chi connectivity index (χ4n) is 2.84. The summed E-state index contributed by atoms with van der Waals surface area (Å²) in [5.41, 5.74) is 1.33. The van der Waals surface area contributed by atoms with Gasteiger partial charge in [-0.15, -0.1) is 11.3 Å². The average Bonchev–Trinajstić information content (AvgIpc) is 2.93. The molecule has 0 aliphatic rings. The van der Waals surface area contributed by atoms with Crippen LogP contribution in [0.15, 0.2) is 39.9 Å². The van der Waals surface area contributed by atoms with Gasteiger partial charge >= 0.3 is 5.69 Å². The molecule has 0 saturated heterocycles. The lowest BCUT2D eigenvalue weighted by molar-refractivity contribution is 0.595. The molecule has 3 rings (SSSR count). The second-order valence-electron chi connectivity index (χ2n) is 5.86. The third-order valence-electron chi connectivity index (χ3n) is 3.94. The number of aromatic nitrogens is 2. The van der Waals surface area contributed by atoms with Gasteiger partial charge in [-0.05, 0) is 44.5 Å². The minimum absolute atomic E-state index is 0.202. The maximum absolute atomic E-state index is 12.8. The lowest BCUT2D eigenvalue weighted by atomic mass is 10.1. The molecular formula is C18H20N2O2S. The lowest BCUT2D eigenvalue weighted by Crippen LogP contribution is -2.40. The van der Waals surface area contributed by atoms with Gasteiger partial charge in [-0.1, -0.05) is 18.6 Å². The SMILES string of the molecule is CCCn1c(=O)n(Cc2ccc(C)s2)c(=O)c2cc(C)ccc21. The third-order valence-corrected chi connectivity index (χ3v) is 4.92. The maximum Gasteiger partial charge on any atom is 0.331 e. The van der Waals surface area contributed by atoms with Crippen molar-refractivity contribution in [2.75, 3.05) is 0 Å². The van der Waals surface area contributed by atoms with E-state index >= 15 is 0 Å². The smallest absolute Gasteiger partial charge is 0.293 e. The van der Waals surface area contributed by atoms with Gasteiger partial charge in [0.25, 0.3) is 5.56 Å². The van der Waals surface area contributed by atoms with E-state index in [9.17, 15) is 9.59 Å². The Balaban J connectivity index is 2.28. The molecule has 0 fully saturated rings. The number of hydrogen-bond donors (Lipinski definition) is 0. The molecule has 0 aliphatic heterocycles. The molecule has 0 saturated carbocycles. The highest BCUT2D eigenvalue weighted by Gasteiger charge is 2.13. The molecule has 120 valence electrons. The van der Waals surface area contributed by atoms with Gasteiger partial charge in [-0.2, -0.15) is 0 Å². The number of benzene rings is 1. The first-order chi connectivity index (χ1) is 11.0. The summed E-state index contributed by atoms with van der Waals surface area (Å²) in [7, 11) is 0. The maximum atomic E-state index is 12.8. The second-order valence-corrected chi connectivity index (χ2v) is 7.23. The van der Waals surface area contributed by atoms with Crippen LogP contribution in [0.25, 0.3) is 10.9 Å². The summed E-state index contributed by atoms with van der Waals surface area (Å²) in [6.45, 7) is 6.97. The van der Waals surface area contributed by atoms with Crippen LogP contribution in [0.1, 0.15) is 28.7 Å². The fourth-order valence-corrected chi connectivity index (χ4v) is 3.72.